The summed E-state index contributed by atoms with van der Waals surface area (Å²) in [5, 5.41) is 0. The number of benzene rings is 1. The van der Waals surface area contributed by atoms with Crippen LogP contribution in [-0.4, -0.2) is 121 Å². The van der Waals surface area contributed by atoms with Gasteiger partial charge in [-0.25, -0.2) is 0 Å². The van der Waals surface area contributed by atoms with Crippen molar-refractivity contribution in [2.75, 3.05) is 34.9 Å². The van der Waals surface area contributed by atoms with Crippen molar-refractivity contribution in [1.82, 2.24) is 14.7 Å². The number of hydrogen-bond donors (Lipinski definition) is 0. The summed E-state index contributed by atoms with van der Waals surface area (Å²) in [6.45, 7) is 24.1. The Bertz CT molecular complexity index is 1490. The topological polar surface area (TPSA) is 123 Å². The van der Waals surface area contributed by atoms with E-state index in [-0.39, 0.29) is 78.5 Å². The van der Waals surface area contributed by atoms with Crippen LogP contribution in [0.3, 0.4) is 0 Å². The first-order valence-electron chi connectivity index (χ1n) is 22.2. The quantitative estimate of drug-likeness (QED) is 0.0968. The van der Waals surface area contributed by atoms with Crippen LogP contribution >= 0.6 is 0 Å². The molecule has 0 aliphatic carbocycles. The van der Waals surface area contributed by atoms with E-state index in [1.54, 1.807) is 26.2 Å². The average molecular weight is 828 g/mol. The zero-order valence-electron chi connectivity index (χ0n) is 39.6. The Balaban J connectivity index is 2.33. The summed E-state index contributed by atoms with van der Waals surface area (Å²) in [7, 11) is 6.91. The van der Waals surface area contributed by atoms with Crippen molar-refractivity contribution >= 4 is 29.4 Å². The lowest BCUT2D eigenvalue weighted by molar-refractivity contribution is -0.161. The highest BCUT2D eigenvalue weighted by Gasteiger charge is 2.44. The van der Waals surface area contributed by atoms with Gasteiger partial charge in [0.1, 0.15) is 11.4 Å². The third kappa shape index (κ3) is 14.8. The number of nitrogens with zero attached hydrogens (tertiary/aromatic N) is 3. The van der Waals surface area contributed by atoms with Gasteiger partial charge in [0.2, 0.25) is 11.8 Å². The lowest BCUT2D eigenvalue weighted by atomic mass is 9.83. The Hall–Kier alpha value is -3.15. The number of esters is 1. The lowest BCUT2D eigenvalue weighted by Crippen LogP contribution is -2.54. The van der Waals surface area contributed by atoms with Crippen molar-refractivity contribution in [2.45, 2.75) is 170 Å². The maximum absolute atomic E-state index is 14.5. The number of carbonyl (C=O) groups excluding carboxylic acids is 5. The minimum absolute atomic E-state index is 0.00625. The molecule has 2 amide bonds. The maximum Gasteiger partial charge on any atom is 0.310 e. The molecule has 2 rings (SSSR count). The summed E-state index contributed by atoms with van der Waals surface area (Å²) in [5.74, 6) is -2.51. The van der Waals surface area contributed by atoms with Gasteiger partial charge in [0.15, 0.2) is 5.78 Å². The van der Waals surface area contributed by atoms with Gasteiger partial charge >= 0.3 is 5.97 Å². The van der Waals surface area contributed by atoms with Crippen LogP contribution in [0.5, 0.6) is 0 Å². The standard InChI is InChI=1S/C48H81N3O8/c1-17-33(8)44(50(14)46(55)37(30(2)3)28-40(53)43(31(4)5)49(13)32(6)7)41(57-15)29-42(54)51-25-21-24-38(51)45(58-16)34(9)39(52)27-36(47(56)59-48(10,11)12)26-35-22-19-18-20-23-35/h18-20,22-23,30-34,36-38,41,43-45H,17,21,24-29H2,1-16H3/t33-,34-,36+,37-,38-,41+,43-,44?,45+/m0/s1. The highest BCUT2D eigenvalue weighted by atomic mass is 16.6. The molecule has 336 valence electrons. The molecular formula is C48H81N3O8. The van der Waals surface area contributed by atoms with Gasteiger partial charge in [0.25, 0.3) is 0 Å². The van der Waals surface area contributed by atoms with Gasteiger partial charge in [-0.1, -0.05) is 85.2 Å². The molecule has 1 aromatic rings. The summed E-state index contributed by atoms with van der Waals surface area (Å²) >= 11 is 0. The van der Waals surface area contributed by atoms with E-state index in [2.05, 4.69) is 32.6 Å². The summed E-state index contributed by atoms with van der Waals surface area (Å²) in [4.78, 5) is 75.8. The minimum Gasteiger partial charge on any atom is -0.460 e. The van der Waals surface area contributed by atoms with E-state index in [9.17, 15) is 24.0 Å². The first-order chi connectivity index (χ1) is 27.5. The third-order valence-electron chi connectivity index (χ3n) is 12.6. The Labute approximate surface area is 357 Å². The molecule has 0 aromatic heterocycles. The van der Waals surface area contributed by atoms with Gasteiger partial charge < -0.3 is 24.0 Å². The molecule has 1 unspecified atom stereocenters. The van der Waals surface area contributed by atoms with Gasteiger partial charge in [-0.3, -0.25) is 28.9 Å². The van der Waals surface area contributed by atoms with E-state index < -0.39 is 47.6 Å². The fraction of sp³-hybridized carbons (Fsp3) is 0.771. The van der Waals surface area contributed by atoms with Crippen LogP contribution in [-0.2, 0) is 44.6 Å². The van der Waals surface area contributed by atoms with Crippen LogP contribution in [0, 0.1) is 35.5 Å². The van der Waals surface area contributed by atoms with Crippen LogP contribution in [0.4, 0.5) is 0 Å². The predicted molar refractivity (Wildman–Crippen MR) is 235 cm³/mol. The second-order valence-electron chi connectivity index (χ2n) is 19.1. The number of ether oxygens (including phenoxy) is 3. The molecule has 1 aromatic carbocycles. The smallest absolute Gasteiger partial charge is 0.310 e. The van der Waals surface area contributed by atoms with Crippen molar-refractivity contribution in [2.24, 2.45) is 35.5 Å². The summed E-state index contributed by atoms with van der Waals surface area (Å²) in [6, 6.07) is 8.72. The Morgan fingerprint density at radius 3 is 1.93 bits per heavy atom. The number of methoxy groups -OCH3 is 2. The van der Waals surface area contributed by atoms with Crippen LogP contribution in [0.25, 0.3) is 0 Å². The fourth-order valence-electron chi connectivity index (χ4n) is 8.89. The number of likely N-dealkylation sites (N-methyl/N-ethyl adjacent to an activating group) is 2. The third-order valence-corrected chi connectivity index (χ3v) is 12.6. The number of Topliss-reactive ketones (excluding diaryl/α,β-unsaturated/α-hetero) is 2. The molecule has 0 saturated carbocycles. The van der Waals surface area contributed by atoms with Crippen molar-refractivity contribution in [3.63, 3.8) is 0 Å². The molecule has 9 atom stereocenters. The number of amides is 2. The number of hydrogen-bond acceptors (Lipinski definition) is 9. The number of rotatable bonds is 24. The average Bonchev–Trinajstić information content (AvgIpc) is 3.65. The van der Waals surface area contributed by atoms with E-state index in [1.807, 2.05) is 97.7 Å². The van der Waals surface area contributed by atoms with Gasteiger partial charge in [0, 0.05) is 58.5 Å². The molecule has 1 fully saturated rings. The van der Waals surface area contributed by atoms with E-state index in [0.717, 1.165) is 18.4 Å². The molecule has 11 nitrogen and oxygen atoms in total. The SMILES string of the molecule is CC[C@H](C)C([C@@H](CC(=O)N1CCC[C@H]1[C@H](OC)[C@@H](C)C(=O)C[C@@H](Cc1ccccc1)C(=O)OC(C)(C)C)OC)N(C)C(=O)[C@@H](CC(=O)[C@H](C(C)C)N(C)C(C)C)C(C)C. The monoisotopic (exact) mass is 828 g/mol. The highest BCUT2D eigenvalue weighted by molar-refractivity contribution is 5.90. The maximum atomic E-state index is 14.5. The van der Waals surface area contributed by atoms with Crippen molar-refractivity contribution < 1.29 is 38.2 Å². The van der Waals surface area contributed by atoms with Crippen LogP contribution in [0.2, 0.25) is 0 Å². The Kier molecular flexibility index (Phi) is 20.9. The van der Waals surface area contributed by atoms with Crippen LogP contribution in [0.15, 0.2) is 30.3 Å². The molecule has 0 N–H and O–H groups in total. The second-order valence-corrected chi connectivity index (χ2v) is 19.1. The molecular weight excluding hydrogens is 747 g/mol. The minimum atomic E-state index is -0.701. The normalized spacial score (nSPS) is 19.0. The number of likely N-dealkylation sites (tertiary alicyclic amines) is 1. The van der Waals surface area contributed by atoms with E-state index in [0.29, 0.717) is 19.4 Å². The van der Waals surface area contributed by atoms with Crippen LogP contribution < -0.4 is 0 Å². The molecule has 59 heavy (non-hydrogen) atoms. The summed E-state index contributed by atoms with van der Waals surface area (Å²) in [6.07, 6.45) is 1.51. The largest absolute Gasteiger partial charge is 0.460 e. The molecule has 1 saturated heterocycles. The molecule has 1 aliphatic heterocycles. The number of carbonyl (C=O) groups is 5. The molecule has 1 heterocycles. The van der Waals surface area contributed by atoms with Crippen molar-refractivity contribution in [1.29, 1.82) is 0 Å². The van der Waals surface area contributed by atoms with Gasteiger partial charge in [-0.2, -0.15) is 0 Å². The van der Waals surface area contributed by atoms with Gasteiger partial charge in [-0.15, -0.1) is 0 Å². The molecule has 11 heteroatoms. The van der Waals surface area contributed by atoms with Crippen molar-refractivity contribution in [3.8, 4) is 0 Å². The first kappa shape index (κ1) is 52.0. The molecule has 1 aliphatic rings. The van der Waals surface area contributed by atoms with Gasteiger partial charge in [0.05, 0.1) is 42.7 Å². The predicted octanol–water partition coefficient (Wildman–Crippen LogP) is 7.66. The van der Waals surface area contributed by atoms with Crippen LogP contribution in [0.1, 0.15) is 127 Å². The van der Waals surface area contributed by atoms with E-state index >= 15 is 0 Å². The van der Waals surface area contributed by atoms with Crippen molar-refractivity contribution in [3.05, 3.63) is 35.9 Å². The molecule has 0 spiro atoms. The molecule has 0 bridgehead atoms. The Morgan fingerprint density at radius 1 is 0.831 bits per heavy atom. The first-order valence-corrected chi connectivity index (χ1v) is 22.2. The Morgan fingerprint density at radius 2 is 1.44 bits per heavy atom. The zero-order chi connectivity index (χ0) is 44.9. The summed E-state index contributed by atoms with van der Waals surface area (Å²) in [5.41, 5.74) is 0.241. The van der Waals surface area contributed by atoms with E-state index in [4.69, 9.17) is 14.2 Å². The van der Waals surface area contributed by atoms with E-state index in [1.165, 1.54) is 0 Å². The molecule has 0 radical (unpaired) electrons. The summed E-state index contributed by atoms with van der Waals surface area (Å²) < 4.78 is 17.9. The second kappa shape index (κ2) is 23.7. The number of ketones is 2. The zero-order valence-corrected chi connectivity index (χ0v) is 39.6. The highest BCUT2D eigenvalue weighted by Crippen LogP contribution is 2.32. The fourth-order valence-corrected chi connectivity index (χ4v) is 8.89. The van der Waals surface area contributed by atoms with Gasteiger partial charge in [-0.05, 0) is 84.2 Å². The lowest BCUT2D eigenvalue weighted by Gasteiger charge is -2.41.